The zero-order valence-corrected chi connectivity index (χ0v) is 37.4. The third-order valence-electron chi connectivity index (χ3n) is 10.3. The van der Waals surface area contributed by atoms with Gasteiger partial charge in [0.25, 0.3) is 0 Å². The molecule has 0 saturated heterocycles. The van der Waals surface area contributed by atoms with Crippen molar-refractivity contribution in [3.05, 3.63) is 24.3 Å². The lowest BCUT2D eigenvalue weighted by Crippen LogP contribution is -2.51. The van der Waals surface area contributed by atoms with Gasteiger partial charge in [-0.05, 0) is 64.2 Å². The lowest BCUT2D eigenvalue weighted by molar-refractivity contribution is -0.870. The molecule has 0 spiro atoms. The Labute approximate surface area is 339 Å². The molecule has 0 heterocycles. The van der Waals surface area contributed by atoms with Crippen molar-refractivity contribution >= 4 is 13.7 Å². The van der Waals surface area contributed by atoms with Gasteiger partial charge < -0.3 is 24.9 Å². The SMILES string of the molecule is CCCCCCCC/C=C\CCCCCCCCCCCC(=O)NC(COP(=O)(O)OCC[N+](C)(C)C)C(O)C(O)CCC/C=C/CCCCCCCCC. The number of quaternary nitrogens is 1. The third-order valence-corrected chi connectivity index (χ3v) is 11.2. The van der Waals surface area contributed by atoms with Gasteiger partial charge >= 0.3 is 7.82 Å². The standard InChI is InChI=1S/C45H89N2O7P/c1-6-8-10-12-14-16-18-20-21-22-23-24-25-26-28-30-32-34-36-38-44(49)46-42(41-54-55(51,52)53-40-39-47(3,4)5)45(50)43(48)37-35-33-31-29-27-19-17-15-13-11-9-7-2/h20-21,29,31,42-43,45,48,50H,6-19,22-28,30,32-41H2,1-5H3,(H-,46,49,51,52)/p+1/b21-20-,31-29+. The van der Waals surface area contributed by atoms with Gasteiger partial charge in [0.15, 0.2) is 0 Å². The van der Waals surface area contributed by atoms with Crippen LogP contribution in [0.2, 0.25) is 0 Å². The second-order valence-electron chi connectivity index (χ2n) is 16.9. The highest BCUT2D eigenvalue weighted by molar-refractivity contribution is 7.47. The topological polar surface area (TPSA) is 125 Å². The number of aliphatic hydroxyl groups is 2. The smallest absolute Gasteiger partial charge is 0.390 e. The van der Waals surface area contributed by atoms with E-state index in [4.69, 9.17) is 9.05 Å². The Morgan fingerprint density at radius 1 is 0.618 bits per heavy atom. The molecule has 10 heteroatoms. The number of hydrogen-bond donors (Lipinski definition) is 4. The number of phosphoric acid groups is 1. The minimum absolute atomic E-state index is 0.0168. The molecule has 0 saturated carbocycles. The van der Waals surface area contributed by atoms with E-state index in [0.717, 1.165) is 38.5 Å². The molecule has 0 aromatic rings. The summed E-state index contributed by atoms with van der Waals surface area (Å²) in [7, 11) is 1.42. The van der Waals surface area contributed by atoms with E-state index in [1.54, 1.807) is 0 Å². The van der Waals surface area contributed by atoms with Gasteiger partial charge in [0.1, 0.15) is 19.3 Å². The van der Waals surface area contributed by atoms with Gasteiger partial charge in [-0.3, -0.25) is 13.8 Å². The van der Waals surface area contributed by atoms with Crippen LogP contribution in [0.1, 0.15) is 200 Å². The molecule has 0 rings (SSSR count). The van der Waals surface area contributed by atoms with Crippen LogP contribution in [0.5, 0.6) is 0 Å². The molecule has 55 heavy (non-hydrogen) atoms. The molecule has 0 aliphatic heterocycles. The summed E-state index contributed by atoms with van der Waals surface area (Å²) in [6.07, 6.45) is 39.5. The van der Waals surface area contributed by atoms with Crippen molar-refractivity contribution < 1.29 is 38.0 Å². The van der Waals surface area contributed by atoms with E-state index in [2.05, 4.69) is 43.5 Å². The molecule has 0 aromatic carbocycles. The monoisotopic (exact) mass is 802 g/mol. The van der Waals surface area contributed by atoms with Crippen LogP contribution >= 0.6 is 7.82 Å². The highest BCUT2D eigenvalue weighted by Crippen LogP contribution is 2.43. The molecular weight excluding hydrogens is 711 g/mol. The van der Waals surface area contributed by atoms with Gasteiger partial charge in [-0.25, -0.2) is 4.57 Å². The number of carbonyl (C=O) groups is 1. The predicted octanol–water partition coefficient (Wildman–Crippen LogP) is 11.5. The number of nitrogens with one attached hydrogen (secondary N) is 1. The summed E-state index contributed by atoms with van der Waals surface area (Å²) >= 11 is 0. The first kappa shape index (κ1) is 53.9. The van der Waals surface area contributed by atoms with E-state index in [1.165, 1.54) is 128 Å². The van der Waals surface area contributed by atoms with Crippen molar-refractivity contribution in [2.24, 2.45) is 0 Å². The molecule has 0 aliphatic carbocycles. The summed E-state index contributed by atoms with van der Waals surface area (Å²) in [6.45, 7) is 4.57. The molecule has 0 radical (unpaired) electrons. The van der Waals surface area contributed by atoms with Crippen molar-refractivity contribution in [1.82, 2.24) is 5.32 Å². The lowest BCUT2D eigenvalue weighted by Gasteiger charge is -2.28. The van der Waals surface area contributed by atoms with Gasteiger partial charge in [0.2, 0.25) is 5.91 Å². The normalized spacial score (nSPS) is 15.1. The molecule has 1 amide bonds. The van der Waals surface area contributed by atoms with E-state index in [1.807, 2.05) is 21.1 Å². The van der Waals surface area contributed by atoms with E-state index in [9.17, 15) is 24.5 Å². The first-order valence-corrected chi connectivity index (χ1v) is 24.3. The molecule has 4 N–H and O–H groups in total. The summed E-state index contributed by atoms with van der Waals surface area (Å²) in [5.41, 5.74) is 0. The highest BCUT2D eigenvalue weighted by atomic mass is 31.2. The lowest BCUT2D eigenvalue weighted by atomic mass is 10.0. The van der Waals surface area contributed by atoms with Crippen LogP contribution in [0.3, 0.4) is 0 Å². The van der Waals surface area contributed by atoms with Gasteiger partial charge in [-0.1, -0.05) is 154 Å². The van der Waals surface area contributed by atoms with Crippen LogP contribution in [0.25, 0.3) is 0 Å². The third kappa shape index (κ3) is 38.2. The molecule has 4 atom stereocenters. The van der Waals surface area contributed by atoms with Crippen LogP contribution in [0.4, 0.5) is 0 Å². The maximum Gasteiger partial charge on any atom is 0.472 e. The fourth-order valence-corrected chi connectivity index (χ4v) is 7.28. The Bertz CT molecular complexity index is 971. The summed E-state index contributed by atoms with van der Waals surface area (Å²) in [6, 6.07) is -1.05. The summed E-state index contributed by atoms with van der Waals surface area (Å²) in [5, 5.41) is 24.6. The van der Waals surface area contributed by atoms with E-state index >= 15 is 0 Å². The molecule has 0 fully saturated rings. The average Bonchev–Trinajstić information content (AvgIpc) is 3.13. The number of carbonyl (C=O) groups excluding carboxylic acids is 1. The van der Waals surface area contributed by atoms with Crippen molar-refractivity contribution in [3.8, 4) is 0 Å². The van der Waals surface area contributed by atoms with Gasteiger partial charge in [-0.2, -0.15) is 0 Å². The first-order chi connectivity index (χ1) is 26.4. The Balaban J connectivity index is 4.47. The summed E-state index contributed by atoms with van der Waals surface area (Å²) < 4.78 is 23.5. The number of likely N-dealkylation sites (N-methyl/N-ethyl adjacent to an activating group) is 1. The van der Waals surface area contributed by atoms with Crippen molar-refractivity contribution in [3.63, 3.8) is 0 Å². The first-order valence-electron chi connectivity index (χ1n) is 22.8. The van der Waals surface area contributed by atoms with Crippen LogP contribution in [0, 0.1) is 0 Å². The quantitative estimate of drug-likeness (QED) is 0.0210. The number of unbranched alkanes of at least 4 members (excludes halogenated alkanes) is 23. The van der Waals surface area contributed by atoms with Gasteiger partial charge in [0.05, 0.1) is 39.9 Å². The zero-order chi connectivity index (χ0) is 40.9. The van der Waals surface area contributed by atoms with E-state index in [-0.39, 0.29) is 18.9 Å². The second kappa shape index (κ2) is 37.2. The fraction of sp³-hybridized carbons (Fsp3) is 0.889. The number of rotatable bonds is 41. The van der Waals surface area contributed by atoms with Gasteiger partial charge in [0, 0.05) is 6.42 Å². The molecular formula is C45H90N2O7P+. The Hall–Kier alpha value is -1.06. The molecule has 9 nitrogen and oxygen atoms in total. The van der Waals surface area contributed by atoms with Crippen LogP contribution in [-0.2, 0) is 18.4 Å². The Morgan fingerprint density at radius 2 is 1.02 bits per heavy atom. The molecule has 4 unspecified atom stereocenters. The average molecular weight is 802 g/mol. The minimum Gasteiger partial charge on any atom is -0.390 e. The van der Waals surface area contributed by atoms with Gasteiger partial charge in [-0.15, -0.1) is 0 Å². The highest BCUT2D eigenvalue weighted by Gasteiger charge is 2.31. The van der Waals surface area contributed by atoms with Crippen LogP contribution in [0.15, 0.2) is 24.3 Å². The largest absolute Gasteiger partial charge is 0.472 e. The summed E-state index contributed by atoms with van der Waals surface area (Å²) in [5.74, 6) is -0.270. The number of amides is 1. The molecule has 326 valence electrons. The fourth-order valence-electron chi connectivity index (χ4n) is 6.55. The Morgan fingerprint density at radius 3 is 1.45 bits per heavy atom. The van der Waals surface area contributed by atoms with E-state index in [0.29, 0.717) is 23.9 Å². The minimum atomic E-state index is -4.42. The van der Waals surface area contributed by atoms with Crippen LogP contribution < -0.4 is 5.32 Å². The van der Waals surface area contributed by atoms with Crippen molar-refractivity contribution in [2.75, 3.05) is 40.9 Å². The zero-order valence-electron chi connectivity index (χ0n) is 36.5. The second-order valence-corrected chi connectivity index (χ2v) is 18.4. The van der Waals surface area contributed by atoms with Crippen LogP contribution in [-0.4, -0.2) is 84.6 Å². The maximum atomic E-state index is 12.9. The number of nitrogens with zero attached hydrogens (tertiary/aromatic N) is 1. The molecule has 0 bridgehead atoms. The molecule has 0 aliphatic rings. The number of aliphatic hydroxyl groups excluding tert-OH is 2. The molecule has 0 aromatic heterocycles. The van der Waals surface area contributed by atoms with Crippen molar-refractivity contribution in [1.29, 1.82) is 0 Å². The number of phosphoric ester groups is 1. The van der Waals surface area contributed by atoms with Crippen molar-refractivity contribution in [2.45, 2.75) is 218 Å². The van der Waals surface area contributed by atoms with E-state index < -0.39 is 32.7 Å². The Kier molecular flexibility index (Phi) is 36.5. The number of allylic oxidation sites excluding steroid dienone is 4. The summed E-state index contributed by atoms with van der Waals surface area (Å²) in [4.78, 5) is 23.2. The predicted molar refractivity (Wildman–Crippen MR) is 232 cm³/mol. The number of hydrogen-bond acceptors (Lipinski definition) is 6. The maximum absolute atomic E-state index is 12.9.